The lowest BCUT2D eigenvalue weighted by atomic mass is 10.1. The van der Waals surface area contributed by atoms with Gasteiger partial charge in [-0.3, -0.25) is 0 Å². The summed E-state index contributed by atoms with van der Waals surface area (Å²) >= 11 is 0. The molecule has 17 heavy (non-hydrogen) atoms. The van der Waals surface area contributed by atoms with Crippen LogP contribution in [-0.4, -0.2) is 28.6 Å². The fourth-order valence-corrected chi connectivity index (χ4v) is 1.22. The number of rotatable bonds is 4. The van der Waals surface area contributed by atoms with Crippen LogP contribution >= 0.6 is 0 Å². The van der Waals surface area contributed by atoms with Gasteiger partial charge in [-0.25, -0.2) is 9.97 Å². The lowest BCUT2D eigenvalue weighted by Crippen LogP contribution is -2.35. The number of nitrogens with one attached hydrogen (secondary N) is 1. The largest absolute Gasteiger partial charge is 0.341 e. The Morgan fingerprint density at radius 1 is 1.24 bits per heavy atom. The molecule has 0 saturated carbocycles. The van der Waals surface area contributed by atoms with Crippen molar-refractivity contribution in [3.63, 3.8) is 0 Å². The summed E-state index contributed by atoms with van der Waals surface area (Å²) in [5.41, 5.74) is 1.23. The summed E-state index contributed by atoms with van der Waals surface area (Å²) in [7, 11) is 2.01. The zero-order valence-corrected chi connectivity index (χ0v) is 11.8. The maximum Gasteiger partial charge on any atom is 0.225 e. The SMILES string of the molecule is CC(C)N(C)c1ncc(CNC(C)(C)C)cn1. The predicted molar refractivity (Wildman–Crippen MR) is 72.2 cm³/mol. The van der Waals surface area contributed by atoms with E-state index in [0.29, 0.717) is 6.04 Å². The first-order chi connectivity index (χ1) is 7.79. The average Bonchev–Trinajstić information content (AvgIpc) is 2.25. The third-order valence-electron chi connectivity index (χ3n) is 2.60. The van der Waals surface area contributed by atoms with Crippen molar-refractivity contribution >= 4 is 5.95 Å². The van der Waals surface area contributed by atoms with Gasteiger partial charge in [0.05, 0.1) is 0 Å². The smallest absolute Gasteiger partial charge is 0.225 e. The van der Waals surface area contributed by atoms with Crippen molar-refractivity contribution in [3.8, 4) is 0 Å². The molecule has 0 saturated heterocycles. The number of hydrogen-bond donors (Lipinski definition) is 1. The molecule has 1 aromatic heterocycles. The molecule has 0 aliphatic carbocycles. The highest BCUT2D eigenvalue weighted by atomic mass is 15.2. The molecule has 1 heterocycles. The van der Waals surface area contributed by atoms with Crippen LogP contribution in [0.5, 0.6) is 0 Å². The van der Waals surface area contributed by atoms with E-state index in [1.54, 1.807) is 0 Å². The molecule has 1 aromatic rings. The molecule has 0 aromatic carbocycles. The molecule has 0 bridgehead atoms. The summed E-state index contributed by atoms with van der Waals surface area (Å²) < 4.78 is 0. The van der Waals surface area contributed by atoms with Gasteiger partial charge in [-0.2, -0.15) is 0 Å². The molecule has 0 atom stereocenters. The van der Waals surface area contributed by atoms with Gasteiger partial charge in [0.2, 0.25) is 5.95 Å². The summed E-state index contributed by atoms with van der Waals surface area (Å²) in [6, 6.07) is 0.411. The summed E-state index contributed by atoms with van der Waals surface area (Å²) in [5, 5.41) is 3.42. The average molecular weight is 236 g/mol. The molecular formula is C13H24N4. The highest BCUT2D eigenvalue weighted by Gasteiger charge is 2.10. The fraction of sp³-hybridized carbons (Fsp3) is 0.692. The van der Waals surface area contributed by atoms with Crippen molar-refractivity contribution < 1.29 is 0 Å². The van der Waals surface area contributed by atoms with E-state index in [2.05, 4.69) is 54.8 Å². The van der Waals surface area contributed by atoms with Crippen LogP contribution in [0.1, 0.15) is 40.2 Å². The van der Waals surface area contributed by atoms with E-state index >= 15 is 0 Å². The molecule has 0 fully saturated rings. The number of hydrogen-bond acceptors (Lipinski definition) is 4. The van der Waals surface area contributed by atoms with E-state index in [-0.39, 0.29) is 5.54 Å². The van der Waals surface area contributed by atoms with Crippen LogP contribution in [0.25, 0.3) is 0 Å². The summed E-state index contributed by atoms with van der Waals surface area (Å²) in [5.74, 6) is 0.777. The Balaban J connectivity index is 2.62. The lowest BCUT2D eigenvalue weighted by Gasteiger charge is -2.22. The zero-order valence-electron chi connectivity index (χ0n) is 11.8. The third kappa shape index (κ3) is 4.69. The molecule has 0 radical (unpaired) electrons. The maximum atomic E-state index is 4.38. The Morgan fingerprint density at radius 3 is 2.18 bits per heavy atom. The summed E-state index contributed by atoms with van der Waals surface area (Å²) in [6.07, 6.45) is 3.78. The molecule has 0 aliphatic rings. The first-order valence-electron chi connectivity index (χ1n) is 6.08. The number of aromatic nitrogens is 2. The molecule has 0 aliphatic heterocycles. The minimum absolute atomic E-state index is 0.118. The second kappa shape index (κ2) is 5.45. The topological polar surface area (TPSA) is 41.1 Å². The van der Waals surface area contributed by atoms with Gasteiger partial charge in [-0.15, -0.1) is 0 Å². The predicted octanol–water partition coefficient (Wildman–Crippen LogP) is 2.21. The van der Waals surface area contributed by atoms with Crippen LogP contribution in [0.2, 0.25) is 0 Å². The van der Waals surface area contributed by atoms with Crippen LogP contribution in [0, 0.1) is 0 Å². The van der Waals surface area contributed by atoms with Gasteiger partial charge >= 0.3 is 0 Å². The number of nitrogens with zero attached hydrogens (tertiary/aromatic N) is 3. The van der Waals surface area contributed by atoms with Crippen molar-refractivity contribution in [1.82, 2.24) is 15.3 Å². The molecule has 96 valence electrons. The van der Waals surface area contributed by atoms with E-state index in [9.17, 15) is 0 Å². The quantitative estimate of drug-likeness (QED) is 0.870. The van der Waals surface area contributed by atoms with Gasteiger partial charge in [-0.05, 0) is 34.6 Å². The van der Waals surface area contributed by atoms with Crippen LogP contribution in [0.15, 0.2) is 12.4 Å². The van der Waals surface area contributed by atoms with E-state index in [1.807, 2.05) is 19.4 Å². The Labute approximate surface area is 104 Å². The first kappa shape index (κ1) is 13.9. The van der Waals surface area contributed by atoms with Crippen molar-refractivity contribution in [2.45, 2.75) is 52.7 Å². The van der Waals surface area contributed by atoms with E-state index in [0.717, 1.165) is 18.1 Å². The normalized spacial score (nSPS) is 11.9. The van der Waals surface area contributed by atoms with Crippen molar-refractivity contribution in [2.24, 2.45) is 0 Å². The molecule has 1 N–H and O–H groups in total. The Bertz CT molecular complexity index is 337. The van der Waals surface area contributed by atoms with Gasteiger partial charge in [0.15, 0.2) is 0 Å². The molecule has 0 spiro atoms. The Morgan fingerprint density at radius 2 is 1.76 bits per heavy atom. The summed E-state index contributed by atoms with van der Waals surface area (Å²) in [6.45, 7) is 11.5. The highest BCUT2D eigenvalue weighted by Crippen LogP contribution is 2.09. The number of anilines is 1. The van der Waals surface area contributed by atoms with Crippen molar-refractivity contribution in [1.29, 1.82) is 0 Å². The zero-order chi connectivity index (χ0) is 13.1. The van der Waals surface area contributed by atoms with E-state index < -0.39 is 0 Å². The van der Waals surface area contributed by atoms with Crippen LogP contribution in [-0.2, 0) is 6.54 Å². The summed E-state index contributed by atoms with van der Waals surface area (Å²) in [4.78, 5) is 10.8. The third-order valence-corrected chi connectivity index (χ3v) is 2.60. The van der Waals surface area contributed by atoms with Gasteiger partial charge in [0.25, 0.3) is 0 Å². The standard InChI is InChI=1S/C13H24N4/c1-10(2)17(6)12-14-7-11(8-15-12)9-16-13(3,4)5/h7-8,10,16H,9H2,1-6H3. The van der Waals surface area contributed by atoms with E-state index in [1.165, 1.54) is 0 Å². The van der Waals surface area contributed by atoms with Crippen LogP contribution in [0.4, 0.5) is 5.95 Å². The van der Waals surface area contributed by atoms with Crippen LogP contribution in [0.3, 0.4) is 0 Å². The van der Waals surface area contributed by atoms with Crippen molar-refractivity contribution in [3.05, 3.63) is 18.0 Å². The highest BCUT2D eigenvalue weighted by molar-refractivity contribution is 5.29. The lowest BCUT2D eigenvalue weighted by molar-refractivity contribution is 0.423. The van der Waals surface area contributed by atoms with Gasteiger partial charge in [0, 0.05) is 43.1 Å². The minimum Gasteiger partial charge on any atom is -0.341 e. The second-order valence-electron chi connectivity index (χ2n) is 5.70. The molecule has 0 unspecified atom stereocenters. The minimum atomic E-state index is 0.118. The Hall–Kier alpha value is -1.16. The van der Waals surface area contributed by atoms with E-state index in [4.69, 9.17) is 0 Å². The molecule has 4 heteroatoms. The maximum absolute atomic E-state index is 4.38. The van der Waals surface area contributed by atoms with Gasteiger partial charge in [-0.1, -0.05) is 0 Å². The van der Waals surface area contributed by atoms with Crippen molar-refractivity contribution in [2.75, 3.05) is 11.9 Å². The second-order valence-corrected chi connectivity index (χ2v) is 5.70. The van der Waals surface area contributed by atoms with Gasteiger partial charge in [0.1, 0.15) is 0 Å². The first-order valence-corrected chi connectivity index (χ1v) is 6.08. The molecular weight excluding hydrogens is 212 g/mol. The van der Waals surface area contributed by atoms with Crippen LogP contribution < -0.4 is 10.2 Å². The molecule has 1 rings (SSSR count). The monoisotopic (exact) mass is 236 g/mol. The molecule has 4 nitrogen and oxygen atoms in total. The fourth-order valence-electron chi connectivity index (χ4n) is 1.22. The molecule has 0 amide bonds. The van der Waals surface area contributed by atoms with Gasteiger partial charge < -0.3 is 10.2 Å². The Kier molecular flexibility index (Phi) is 4.46.